The molecule has 4 aliphatic rings. The summed E-state index contributed by atoms with van der Waals surface area (Å²) in [4.78, 5) is 5.25. The van der Waals surface area contributed by atoms with Crippen molar-refractivity contribution in [3.8, 4) is 0 Å². The van der Waals surface area contributed by atoms with Crippen LogP contribution in [-0.2, 0) is 12.8 Å². The van der Waals surface area contributed by atoms with E-state index in [4.69, 9.17) is 30.2 Å². The van der Waals surface area contributed by atoms with Crippen molar-refractivity contribution < 1.29 is 0 Å². The molecule has 6 atom stereocenters. The van der Waals surface area contributed by atoms with E-state index in [1.807, 2.05) is 0 Å². The summed E-state index contributed by atoms with van der Waals surface area (Å²) in [5.41, 5.74) is 3.62. The summed E-state index contributed by atoms with van der Waals surface area (Å²) >= 11 is 10.9. The van der Waals surface area contributed by atoms with Gasteiger partial charge < -0.3 is 0 Å². The highest BCUT2D eigenvalue weighted by molar-refractivity contribution is 7.82. The summed E-state index contributed by atoms with van der Waals surface area (Å²) in [5.74, 6) is 1.61. The lowest BCUT2D eigenvalue weighted by molar-refractivity contribution is 0.107. The topological polar surface area (TPSA) is 12.9 Å². The Morgan fingerprint density at radius 2 is 1.17 bits per heavy atom. The van der Waals surface area contributed by atoms with Crippen LogP contribution in [0.3, 0.4) is 0 Å². The minimum atomic E-state index is 0.0187. The Balaban J connectivity index is 1.44. The van der Waals surface area contributed by atoms with Crippen LogP contribution >= 0.6 is 25.3 Å². The van der Waals surface area contributed by atoms with Crippen LogP contribution in [0.2, 0.25) is 0 Å². The molecule has 30 heavy (non-hydrogen) atoms. The first-order chi connectivity index (χ1) is 13.8. The smallest absolute Gasteiger partial charge is 0.0421 e. The van der Waals surface area contributed by atoms with E-state index >= 15 is 0 Å². The van der Waals surface area contributed by atoms with Crippen molar-refractivity contribution in [3.05, 3.63) is 29.6 Å². The summed E-state index contributed by atoms with van der Waals surface area (Å²) in [5, 5.41) is 0. The molecule has 1 nitrogen and oxygen atoms in total. The highest BCUT2D eigenvalue weighted by Crippen LogP contribution is 2.72. The summed E-state index contributed by atoms with van der Waals surface area (Å²) in [6.45, 7) is 14.8. The van der Waals surface area contributed by atoms with Crippen LogP contribution < -0.4 is 0 Å². The molecule has 166 valence electrons. The molecule has 1 aromatic heterocycles. The van der Waals surface area contributed by atoms with Gasteiger partial charge in [-0.15, -0.1) is 0 Å². The Morgan fingerprint density at radius 3 is 1.50 bits per heavy atom. The predicted molar refractivity (Wildman–Crippen MR) is 134 cm³/mol. The fourth-order valence-electron chi connectivity index (χ4n) is 8.83. The predicted octanol–water partition coefficient (Wildman–Crippen LogP) is 7.20. The molecule has 4 bridgehead atoms. The van der Waals surface area contributed by atoms with Crippen LogP contribution in [0.15, 0.2) is 18.2 Å². The van der Waals surface area contributed by atoms with Gasteiger partial charge in [0.15, 0.2) is 0 Å². The van der Waals surface area contributed by atoms with Crippen molar-refractivity contribution in [3.63, 3.8) is 0 Å². The van der Waals surface area contributed by atoms with E-state index in [0.29, 0.717) is 10.8 Å². The Labute approximate surface area is 195 Å². The van der Waals surface area contributed by atoms with Gasteiger partial charge in [0, 0.05) is 33.7 Å². The van der Waals surface area contributed by atoms with E-state index in [2.05, 4.69) is 59.7 Å². The summed E-state index contributed by atoms with van der Waals surface area (Å²) in [7, 11) is 0. The van der Waals surface area contributed by atoms with Gasteiger partial charge in [-0.05, 0) is 84.2 Å². The number of aromatic nitrogens is 1. The average Bonchev–Trinajstić information content (AvgIpc) is 3.32. The number of fused-ring (bicyclic) bond motifs is 4. The lowest BCUT2D eigenvalue weighted by Crippen LogP contribution is -2.52. The van der Waals surface area contributed by atoms with E-state index in [1.165, 1.54) is 49.9 Å². The lowest BCUT2D eigenvalue weighted by Gasteiger charge is -2.52. The standard InChI is InChI=1S/C27H41NS2/c1-22(2)18-10-12-24(5,14-18)26(22,29)16-20-8-7-9-21(28-20)17-27(30)23(3,4)19-11-13-25(27,6)15-19/h7-9,18-19,29-30H,10-17H2,1-6H3/t18-,19-,24+,25+,26+,27+/m0/s1. The number of rotatable bonds is 4. The van der Waals surface area contributed by atoms with Crippen LogP contribution in [0.25, 0.3) is 0 Å². The molecule has 4 saturated carbocycles. The summed E-state index contributed by atoms with van der Waals surface area (Å²) in [6, 6.07) is 6.72. The minimum Gasteiger partial charge on any atom is -0.258 e. The van der Waals surface area contributed by atoms with Gasteiger partial charge in [-0.2, -0.15) is 25.3 Å². The summed E-state index contributed by atoms with van der Waals surface area (Å²) in [6.07, 6.45) is 10.00. The molecule has 1 aromatic rings. The van der Waals surface area contributed by atoms with Gasteiger partial charge in [-0.25, -0.2) is 0 Å². The SMILES string of the molecule is CC1(C)[C@H]2CC[C@](C)(C2)[C@@]1(S)Cc1cccc(C[C@@]2(S)C(C)(C)[C@H]3CC[C@]2(C)C3)n1. The second-order valence-corrected chi connectivity index (χ2v) is 14.7. The maximum atomic E-state index is 5.45. The maximum Gasteiger partial charge on any atom is 0.0421 e. The van der Waals surface area contributed by atoms with Gasteiger partial charge in [0.25, 0.3) is 0 Å². The van der Waals surface area contributed by atoms with Crippen LogP contribution in [0.1, 0.15) is 91.5 Å². The normalized spacial score (nSPS) is 47.9. The molecule has 0 aliphatic heterocycles. The molecule has 4 fully saturated rings. The van der Waals surface area contributed by atoms with Gasteiger partial charge in [0.05, 0.1) is 0 Å². The summed E-state index contributed by atoms with van der Waals surface area (Å²) < 4.78 is 0.0374. The zero-order chi connectivity index (χ0) is 21.8. The third-order valence-corrected chi connectivity index (χ3v) is 13.9. The first-order valence-corrected chi connectivity index (χ1v) is 13.1. The molecular weight excluding hydrogens is 402 g/mol. The van der Waals surface area contributed by atoms with Crippen molar-refractivity contribution >= 4 is 25.3 Å². The van der Waals surface area contributed by atoms with Gasteiger partial charge in [-0.1, -0.05) is 47.6 Å². The quantitative estimate of drug-likeness (QED) is 0.469. The van der Waals surface area contributed by atoms with Crippen molar-refractivity contribution in [1.82, 2.24) is 4.98 Å². The molecule has 5 rings (SSSR count). The zero-order valence-corrected chi connectivity index (χ0v) is 21.7. The molecule has 3 heteroatoms. The fourth-order valence-corrected chi connectivity index (χ4v) is 9.92. The largest absolute Gasteiger partial charge is 0.258 e. The molecule has 0 N–H and O–H groups in total. The molecule has 0 unspecified atom stereocenters. The van der Waals surface area contributed by atoms with Crippen LogP contribution in [0.5, 0.6) is 0 Å². The fraction of sp³-hybridized carbons (Fsp3) is 0.815. The van der Waals surface area contributed by atoms with E-state index in [0.717, 1.165) is 24.7 Å². The molecule has 1 heterocycles. The molecule has 0 amide bonds. The second-order valence-electron chi connectivity index (χ2n) is 13.1. The van der Waals surface area contributed by atoms with Crippen LogP contribution in [0.4, 0.5) is 0 Å². The number of hydrogen-bond donors (Lipinski definition) is 2. The first kappa shape index (κ1) is 21.7. The van der Waals surface area contributed by atoms with Crippen LogP contribution in [-0.4, -0.2) is 14.5 Å². The number of nitrogens with zero attached hydrogens (tertiary/aromatic N) is 1. The Kier molecular flexibility index (Phi) is 4.52. The van der Waals surface area contributed by atoms with Crippen molar-refractivity contribution in [1.29, 1.82) is 0 Å². The van der Waals surface area contributed by atoms with Crippen molar-refractivity contribution in [2.45, 2.75) is 102 Å². The molecular formula is C27H41NS2. The van der Waals surface area contributed by atoms with E-state index in [1.54, 1.807) is 0 Å². The zero-order valence-electron chi connectivity index (χ0n) is 19.9. The van der Waals surface area contributed by atoms with E-state index < -0.39 is 0 Å². The second kappa shape index (κ2) is 6.25. The van der Waals surface area contributed by atoms with Gasteiger partial charge in [0.1, 0.15) is 0 Å². The molecule has 0 radical (unpaired) electrons. The van der Waals surface area contributed by atoms with Gasteiger partial charge in [-0.3, -0.25) is 4.98 Å². The molecule has 0 aromatic carbocycles. The molecule has 0 spiro atoms. The first-order valence-electron chi connectivity index (χ1n) is 12.2. The van der Waals surface area contributed by atoms with Crippen molar-refractivity contribution in [2.75, 3.05) is 0 Å². The van der Waals surface area contributed by atoms with Crippen molar-refractivity contribution in [2.24, 2.45) is 33.5 Å². The Hall–Kier alpha value is -0.150. The highest BCUT2D eigenvalue weighted by Gasteiger charge is 2.68. The number of thiol groups is 2. The molecule has 0 saturated heterocycles. The maximum absolute atomic E-state index is 5.45. The number of pyridine rings is 1. The monoisotopic (exact) mass is 443 g/mol. The highest BCUT2D eigenvalue weighted by atomic mass is 32.1. The number of hydrogen-bond acceptors (Lipinski definition) is 3. The van der Waals surface area contributed by atoms with Crippen LogP contribution in [0, 0.1) is 33.5 Å². The Morgan fingerprint density at radius 1 is 0.767 bits per heavy atom. The Bertz CT molecular complexity index is 797. The third kappa shape index (κ3) is 2.49. The van der Waals surface area contributed by atoms with Gasteiger partial charge >= 0.3 is 0 Å². The third-order valence-electron chi connectivity index (χ3n) is 11.4. The minimum absolute atomic E-state index is 0.0187. The van der Waals surface area contributed by atoms with Gasteiger partial charge in [0.2, 0.25) is 0 Å². The van der Waals surface area contributed by atoms with E-state index in [-0.39, 0.29) is 20.3 Å². The van der Waals surface area contributed by atoms with E-state index in [9.17, 15) is 0 Å². The lowest BCUT2D eigenvalue weighted by atomic mass is 9.61. The average molecular weight is 444 g/mol. The molecule has 4 aliphatic carbocycles.